The highest BCUT2D eigenvalue weighted by Gasteiger charge is 2.40. The molecule has 1 aliphatic heterocycles. The van der Waals surface area contributed by atoms with Crippen LogP contribution < -0.4 is 15.0 Å². The summed E-state index contributed by atoms with van der Waals surface area (Å²) in [5.41, 5.74) is 1.68. The Morgan fingerprint density at radius 3 is 2.27 bits per heavy atom. The van der Waals surface area contributed by atoms with Gasteiger partial charge in [-0.1, -0.05) is 29.8 Å². The van der Waals surface area contributed by atoms with Crippen molar-refractivity contribution in [2.24, 2.45) is 0 Å². The number of carbonyl (C=O) groups is 2. The van der Waals surface area contributed by atoms with Gasteiger partial charge in [-0.15, -0.1) is 0 Å². The van der Waals surface area contributed by atoms with Crippen molar-refractivity contribution in [1.29, 1.82) is 0 Å². The predicted octanol–water partition coefficient (Wildman–Crippen LogP) is 4.88. The van der Waals surface area contributed by atoms with Gasteiger partial charge >= 0.3 is 0 Å². The largest absolute Gasteiger partial charge is 0.497 e. The Bertz CT molecular complexity index is 1160. The van der Waals surface area contributed by atoms with Crippen molar-refractivity contribution >= 4 is 40.4 Å². The van der Waals surface area contributed by atoms with Gasteiger partial charge in [0, 0.05) is 10.7 Å². The first-order valence-corrected chi connectivity index (χ1v) is 9.41. The Balaban J connectivity index is 1.81. The zero-order valence-corrected chi connectivity index (χ0v) is 16.6. The standard InChI is InChI=1S/C23H16ClFN2O3/c1-30-19-11-5-14(6-12-19)20-21(26-17-9-7-16(25)8-10-17)23(29)27(22(20)28)18-4-2-3-15(24)13-18/h2-13,26H,1H3. The number of carbonyl (C=O) groups excluding carboxylic acids is 2. The maximum atomic E-state index is 13.3. The molecule has 1 N–H and O–H groups in total. The van der Waals surface area contributed by atoms with E-state index in [0.29, 0.717) is 27.7 Å². The molecule has 0 unspecified atom stereocenters. The molecule has 0 radical (unpaired) electrons. The van der Waals surface area contributed by atoms with E-state index >= 15 is 0 Å². The lowest BCUT2D eigenvalue weighted by atomic mass is 10.0. The molecule has 150 valence electrons. The lowest BCUT2D eigenvalue weighted by Crippen LogP contribution is -2.32. The summed E-state index contributed by atoms with van der Waals surface area (Å²) in [6.45, 7) is 0. The van der Waals surface area contributed by atoms with E-state index in [0.717, 1.165) is 4.90 Å². The van der Waals surface area contributed by atoms with Crippen LogP contribution in [0, 0.1) is 5.82 Å². The fraction of sp³-hybridized carbons (Fsp3) is 0.0435. The molecular formula is C23H16ClFN2O3. The van der Waals surface area contributed by atoms with Crippen molar-refractivity contribution in [3.63, 3.8) is 0 Å². The summed E-state index contributed by atoms with van der Waals surface area (Å²) in [7, 11) is 1.54. The first-order valence-electron chi connectivity index (χ1n) is 9.03. The maximum Gasteiger partial charge on any atom is 0.282 e. The third-order valence-corrected chi connectivity index (χ3v) is 4.88. The van der Waals surface area contributed by atoms with Crippen LogP contribution in [0.2, 0.25) is 5.02 Å². The quantitative estimate of drug-likeness (QED) is 0.595. The fourth-order valence-electron chi connectivity index (χ4n) is 3.20. The van der Waals surface area contributed by atoms with E-state index in [4.69, 9.17) is 16.3 Å². The number of hydrogen-bond acceptors (Lipinski definition) is 4. The van der Waals surface area contributed by atoms with Crippen LogP contribution in [0.3, 0.4) is 0 Å². The Labute approximate surface area is 177 Å². The highest BCUT2D eigenvalue weighted by Crippen LogP contribution is 2.35. The molecule has 0 bridgehead atoms. The van der Waals surface area contributed by atoms with Crippen molar-refractivity contribution in [2.45, 2.75) is 0 Å². The molecule has 0 fully saturated rings. The van der Waals surface area contributed by atoms with Gasteiger partial charge in [0.25, 0.3) is 11.8 Å². The van der Waals surface area contributed by atoms with Gasteiger partial charge in [0.15, 0.2) is 0 Å². The van der Waals surface area contributed by atoms with Crippen LogP contribution in [0.15, 0.2) is 78.5 Å². The molecule has 3 aromatic rings. The van der Waals surface area contributed by atoms with Gasteiger partial charge in [0.2, 0.25) is 0 Å². The van der Waals surface area contributed by atoms with Crippen LogP contribution in [0.1, 0.15) is 5.56 Å². The van der Waals surface area contributed by atoms with E-state index in [1.54, 1.807) is 55.6 Å². The number of imide groups is 1. The minimum atomic E-state index is -0.530. The summed E-state index contributed by atoms with van der Waals surface area (Å²) in [6.07, 6.45) is 0. The second-order valence-electron chi connectivity index (χ2n) is 6.54. The number of methoxy groups -OCH3 is 1. The molecule has 0 aliphatic carbocycles. The fourth-order valence-corrected chi connectivity index (χ4v) is 3.38. The van der Waals surface area contributed by atoms with Crippen LogP contribution in [-0.2, 0) is 9.59 Å². The normalized spacial score (nSPS) is 13.8. The smallest absolute Gasteiger partial charge is 0.282 e. The number of nitrogens with one attached hydrogen (secondary N) is 1. The Kier molecular flexibility index (Phi) is 5.25. The second kappa shape index (κ2) is 8.00. The Hall–Kier alpha value is -3.64. The molecule has 0 saturated carbocycles. The SMILES string of the molecule is COc1ccc(C2=C(Nc3ccc(F)cc3)C(=O)N(c3cccc(Cl)c3)C2=O)cc1. The first kappa shape index (κ1) is 19.7. The molecule has 30 heavy (non-hydrogen) atoms. The molecule has 2 amide bonds. The molecular weight excluding hydrogens is 407 g/mol. The van der Waals surface area contributed by atoms with Gasteiger partial charge in [-0.25, -0.2) is 9.29 Å². The number of anilines is 2. The summed E-state index contributed by atoms with van der Waals surface area (Å²) in [5.74, 6) is -0.801. The van der Waals surface area contributed by atoms with E-state index < -0.39 is 17.6 Å². The summed E-state index contributed by atoms with van der Waals surface area (Å²) in [5, 5.41) is 3.38. The Morgan fingerprint density at radius 1 is 0.933 bits per heavy atom. The number of amides is 2. The molecule has 7 heteroatoms. The lowest BCUT2D eigenvalue weighted by molar-refractivity contribution is -0.120. The van der Waals surface area contributed by atoms with E-state index in [1.165, 1.54) is 24.3 Å². The first-order chi connectivity index (χ1) is 14.5. The molecule has 0 atom stereocenters. The number of halogens is 2. The number of hydrogen-bond donors (Lipinski definition) is 1. The lowest BCUT2D eigenvalue weighted by Gasteiger charge is -2.15. The van der Waals surface area contributed by atoms with Gasteiger partial charge in [-0.2, -0.15) is 0 Å². The third kappa shape index (κ3) is 3.65. The molecule has 0 saturated heterocycles. The van der Waals surface area contributed by atoms with Crippen molar-refractivity contribution < 1.29 is 18.7 Å². The van der Waals surface area contributed by atoms with E-state index in [2.05, 4.69) is 5.32 Å². The average molecular weight is 423 g/mol. The zero-order chi connectivity index (χ0) is 21.3. The molecule has 3 aromatic carbocycles. The predicted molar refractivity (Wildman–Crippen MR) is 114 cm³/mol. The van der Waals surface area contributed by atoms with Gasteiger partial charge in [0.05, 0.1) is 18.4 Å². The van der Waals surface area contributed by atoms with Crippen molar-refractivity contribution in [1.82, 2.24) is 0 Å². The summed E-state index contributed by atoms with van der Waals surface area (Å²) >= 11 is 6.06. The third-order valence-electron chi connectivity index (χ3n) is 4.64. The monoisotopic (exact) mass is 422 g/mol. The van der Waals surface area contributed by atoms with Crippen molar-refractivity contribution in [2.75, 3.05) is 17.3 Å². The van der Waals surface area contributed by atoms with Gasteiger partial charge < -0.3 is 10.1 Å². The minimum absolute atomic E-state index is 0.0942. The molecule has 0 aromatic heterocycles. The number of ether oxygens (including phenoxy) is 1. The Morgan fingerprint density at radius 2 is 1.63 bits per heavy atom. The molecule has 4 rings (SSSR count). The van der Waals surface area contributed by atoms with Crippen LogP contribution in [0.5, 0.6) is 5.75 Å². The van der Waals surface area contributed by atoms with Crippen LogP contribution in [-0.4, -0.2) is 18.9 Å². The van der Waals surface area contributed by atoms with Gasteiger partial charge in [-0.3, -0.25) is 9.59 Å². The van der Waals surface area contributed by atoms with Crippen LogP contribution >= 0.6 is 11.6 Å². The number of benzene rings is 3. The molecule has 1 heterocycles. The highest BCUT2D eigenvalue weighted by molar-refractivity contribution is 6.46. The highest BCUT2D eigenvalue weighted by atomic mass is 35.5. The van der Waals surface area contributed by atoms with Crippen molar-refractivity contribution in [3.8, 4) is 5.75 Å². The number of rotatable bonds is 5. The van der Waals surface area contributed by atoms with Crippen LogP contribution in [0.4, 0.5) is 15.8 Å². The van der Waals surface area contributed by atoms with E-state index in [9.17, 15) is 14.0 Å². The van der Waals surface area contributed by atoms with E-state index in [-0.39, 0.29) is 11.3 Å². The van der Waals surface area contributed by atoms with E-state index in [1.807, 2.05) is 0 Å². The van der Waals surface area contributed by atoms with Gasteiger partial charge in [-0.05, 0) is 60.2 Å². The molecule has 0 spiro atoms. The summed E-state index contributed by atoms with van der Waals surface area (Å²) in [4.78, 5) is 27.6. The maximum absolute atomic E-state index is 13.3. The second-order valence-corrected chi connectivity index (χ2v) is 6.97. The molecule has 1 aliphatic rings. The summed E-state index contributed by atoms with van der Waals surface area (Å²) in [6, 6.07) is 18.8. The zero-order valence-electron chi connectivity index (χ0n) is 15.9. The van der Waals surface area contributed by atoms with Crippen molar-refractivity contribution in [3.05, 3.63) is 94.9 Å². The topological polar surface area (TPSA) is 58.6 Å². The minimum Gasteiger partial charge on any atom is -0.497 e. The summed E-state index contributed by atoms with van der Waals surface area (Å²) < 4.78 is 18.5. The van der Waals surface area contributed by atoms with Gasteiger partial charge in [0.1, 0.15) is 17.3 Å². The molecule has 5 nitrogen and oxygen atoms in total. The number of nitrogens with zero attached hydrogens (tertiary/aromatic N) is 1. The van der Waals surface area contributed by atoms with Crippen LogP contribution in [0.25, 0.3) is 5.57 Å². The average Bonchev–Trinajstić information content (AvgIpc) is 2.99.